The Balaban J connectivity index is 1.64. The Hall–Kier alpha value is -2.86. The second kappa shape index (κ2) is 7.61. The minimum absolute atomic E-state index is 0.200. The zero-order chi connectivity index (χ0) is 16.8. The number of amides is 1. The van der Waals surface area contributed by atoms with E-state index in [1.54, 1.807) is 24.7 Å². The van der Waals surface area contributed by atoms with Crippen molar-refractivity contribution in [1.82, 2.24) is 0 Å². The number of quaternary nitrogens is 1. The Morgan fingerprint density at radius 1 is 1.00 bits per heavy atom. The summed E-state index contributed by atoms with van der Waals surface area (Å²) in [4.78, 5) is 13.2. The van der Waals surface area contributed by atoms with Crippen LogP contribution in [-0.4, -0.2) is 12.5 Å². The Morgan fingerprint density at radius 3 is 2.21 bits per heavy atom. The van der Waals surface area contributed by atoms with Crippen molar-refractivity contribution >= 4 is 11.6 Å². The molecule has 24 heavy (non-hydrogen) atoms. The predicted molar refractivity (Wildman–Crippen MR) is 85.7 cm³/mol. The van der Waals surface area contributed by atoms with Crippen molar-refractivity contribution in [1.29, 1.82) is 0 Å². The predicted octanol–water partition coefficient (Wildman–Crippen LogP) is 2.24. The number of benzene rings is 1. The highest BCUT2D eigenvalue weighted by Gasteiger charge is 2.18. The van der Waals surface area contributed by atoms with E-state index in [4.69, 9.17) is 8.83 Å². The average molecular weight is 329 g/mol. The van der Waals surface area contributed by atoms with E-state index in [0.717, 1.165) is 16.4 Å². The van der Waals surface area contributed by atoms with Gasteiger partial charge in [-0.05, 0) is 42.5 Å². The number of rotatable bonds is 7. The third kappa shape index (κ3) is 4.57. The molecule has 0 aliphatic carbocycles. The van der Waals surface area contributed by atoms with Crippen LogP contribution in [0.1, 0.15) is 11.5 Å². The molecule has 1 aromatic carbocycles. The maximum absolute atomic E-state index is 13.2. The number of anilines is 1. The summed E-state index contributed by atoms with van der Waals surface area (Å²) in [6.07, 6.45) is 3.21. The zero-order valence-electron chi connectivity index (χ0n) is 13.0. The number of furan rings is 2. The lowest BCUT2D eigenvalue weighted by molar-refractivity contribution is -0.921. The van der Waals surface area contributed by atoms with Gasteiger partial charge in [-0.3, -0.25) is 4.79 Å². The van der Waals surface area contributed by atoms with E-state index in [0.29, 0.717) is 18.8 Å². The van der Waals surface area contributed by atoms with Crippen LogP contribution in [0, 0.1) is 5.82 Å². The molecule has 3 rings (SSSR count). The molecule has 0 fully saturated rings. The monoisotopic (exact) mass is 329 g/mol. The second-order valence-corrected chi connectivity index (χ2v) is 5.50. The fourth-order valence-corrected chi connectivity index (χ4v) is 2.51. The summed E-state index contributed by atoms with van der Waals surface area (Å²) in [7, 11) is 0. The van der Waals surface area contributed by atoms with Gasteiger partial charge in [-0.2, -0.15) is 0 Å². The van der Waals surface area contributed by atoms with E-state index in [9.17, 15) is 9.18 Å². The SMILES string of the molecule is O=C(C[NH+](Cc1ccco1)Cc1ccco1)Nc1cccc(F)c1. The quantitative estimate of drug-likeness (QED) is 0.699. The van der Waals surface area contributed by atoms with Crippen molar-refractivity contribution in [2.75, 3.05) is 11.9 Å². The molecule has 6 heteroatoms. The van der Waals surface area contributed by atoms with Gasteiger partial charge >= 0.3 is 0 Å². The molecule has 0 bridgehead atoms. The fraction of sp³-hybridized carbons (Fsp3) is 0.167. The Morgan fingerprint density at radius 2 is 1.67 bits per heavy atom. The molecule has 2 N–H and O–H groups in total. The van der Waals surface area contributed by atoms with E-state index in [1.165, 1.54) is 12.1 Å². The number of nitrogens with one attached hydrogen (secondary N) is 2. The summed E-state index contributed by atoms with van der Waals surface area (Å²) >= 11 is 0. The first-order valence-corrected chi connectivity index (χ1v) is 7.63. The smallest absolute Gasteiger partial charge is 0.279 e. The van der Waals surface area contributed by atoms with Crippen LogP contribution >= 0.6 is 0 Å². The van der Waals surface area contributed by atoms with Crippen molar-refractivity contribution in [2.24, 2.45) is 0 Å². The highest BCUT2D eigenvalue weighted by Crippen LogP contribution is 2.08. The summed E-state index contributed by atoms with van der Waals surface area (Å²) < 4.78 is 23.9. The zero-order valence-corrected chi connectivity index (χ0v) is 13.0. The molecule has 124 valence electrons. The number of hydrogen-bond acceptors (Lipinski definition) is 3. The number of carbonyl (C=O) groups is 1. The lowest BCUT2D eigenvalue weighted by atomic mass is 10.3. The van der Waals surface area contributed by atoms with Crippen molar-refractivity contribution in [3.63, 3.8) is 0 Å². The molecule has 2 aromatic heterocycles. The van der Waals surface area contributed by atoms with Crippen molar-refractivity contribution in [3.05, 3.63) is 78.4 Å². The Labute approximate surface area is 138 Å². The minimum Gasteiger partial charge on any atom is -0.463 e. The van der Waals surface area contributed by atoms with Crippen LogP contribution in [0.2, 0.25) is 0 Å². The van der Waals surface area contributed by atoms with E-state index in [-0.39, 0.29) is 18.3 Å². The van der Waals surface area contributed by atoms with Crippen LogP contribution < -0.4 is 10.2 Å². The first-order chi connectivity index (χ1) is 11.7. The number of hydrogen-bond donors (Lipinski definition) is 2. The molecular formula is C18H18FN2O3+. The molecule has 0 saturated heterocycles. The van der Waals surface area contributed by atoms with Gasteiger partial charge in [-0.15, -0.1) is 0 Å². The topological polar surface area (TPSA) is 59.8 Å². The standard InChI is InChI=1S/C18H17FN2O3/c19-14-4-1-5-15(10-14)20-18(22)13-21(11-16-6-2-8-23-16)12-17-7-3-9-24-17/h1-10H,11-13H2,(H,20,22)/p+1. The maximum atomic E-state index is 13.2. The van der Waals surface area contributed by atoms with Gasteiger partial charge in [0.1, 0.15) is 18.9 Å². The van der Waals surface area contributed by atoms with E-state index in [2.05, 4.69) is 5.32 Å². The molecule has 0 radical (unpaired) electrons. The molecule has 3 aromatic rings. The van der Waals surface area contributed by atoms with Crippen LogP contribution in [0.4, 0.5) is 10.1 Å². The van der Waals surface area contributed by atoms with Gasteiger partial charge in [0, 0.05) is 5.69 Å². The van der Waals surface area contributed by atoms with Crippen LogP contribution in [0.5, 0.6) is 0 Å². The third-order valence-corrected chi connectivity index (χ3v) is 3.53. The minimum atomic E-state index is -0.386. The normalized spacial score (nSPS) is 10.9. The van der Waals surface area contributed by atoms with Crippen molar-refractivity contribution in [2.45, 2.75) is 13.1 Å². The summed E-state index contributed by atoms with van der Waals surface area (Å²) in [5.74, 6) is 0.988. The highest BCUT2D eigenvalue weighted by molar-refractivity contribution is 5.91. The summed E-state index contributed by atoms with van der Waals surface area (Å²) in [5, 5.41) is 2.71. The second-order valence-electron chi connectivity index (χ2n) is 5.50. The number of carbonyl (C=O) groups excluding carboxylic acids is 1. The number of halogens is 1. The molecular weight excluding hydrogens is 311 g/mol. The van der Waals surface area contributed by atoms with Gasteiger partial charge in [0.15, 0.2) is 18.1 Å². The molecule has 0 unspecified atom stereocenters. The van der Waals surface area contributed by atoms with Crippen molar-refractivity contribution < 1.29 is 22.9 Å². The van der Waals surface area contributed by atoms with E-state index in [1.807, 2.05) is 24.3 Å². The van der Waals surface area contributed by atoms with Crippen LogP contribution in [-0.2, 0) is 17.9 Å². The fourth-order valence-electron chi connectivity index (χ4n) is 2.51. The van der Waals surface area contributed by atoms with Gasteiger partial charge in [-0.1, -0.05) is 6.07 Å². The molecule has 0 atom stereocenters. The molecule has 0 spiro atoms. The van der Waals surface area contributed by atoms with Gasteiger partial charge in [0.2, 0.25) is 0 Å². The molecule has 0 saturated carbocycles. The lowest BCUT2D eigenvalue weighted by Gasteiger charge is -2.17. The maximum Gasteiger partial charge on any atom is 0.279 e. The van der Waals surface area contributed by atoms with Gasteiger partial charge in [0.05, 0.1) is 12.5 Å². The van der Waals surface area contributed by atoms with Gasteiger partial charge < -0.3 is 19.1 Å². The average Bonchev–Trinajstić information content (AvgIpc) is 3.21. The molecule has 2 heterocycles. The molecule has 5 nitrogen and oxygen atoms in total. The lowest BCUT2D eigenvalue weighted by Crippen LogP contribution is -3.10. The van der Waals surface area contributed by atoms with E-state index < -0.39 is 0 Å². The van der Waals surface area contributed by atoms with Crippen LogP contribution in [0.25, 0.3) is 0 Å². The first-order valence-electron chi connectivity index (χ1n) is 7.63. The van der Waals surface area contributed by atoms with Crippen LogP contribution in [0.3, 0.4) is 0 Å². The summed E-state index contributed by atoms with van der Waals surface area (Å²) in [6.45, 7) is 1.30. The third-order valence-electron chi connectivity index (χ3n) is 3.53. The highest BCUT2D eigenvalue weighted by atomic mass is 19.1. The largest absolute Gasteiger partial charge is 0.463 e. The van der Waals surface area contributed by atoms with Gasteiger partial charge in [0.25, 0.3) is 5.91 Å². The summed E-state index contributed by atoms with van der Waals surface area (Å²) in [5.41, 5.74) is 0.440. The molecule has 0 aliphatic rings. The molecule has 1 amide bonds. The Kier molecular flexibility index (Phi) is 5.08. The van der Waals surface area contributed by atoms with Gasteiger partial charge in [-0.25, -0.2) is 4.39 Å². The van der Waals surface area contributed by atoms with Crippen LogP contribution in [0.15, 0.2) is 69.9 Å². The van der Waals surface area contributed by atoms with Crippen molar-refractivity contribution in [3.8, 4) is 0 Å². The molecule has 0 aliphatic heterocycles. The Bertz CT molecular complexity index is 733. The summed E-state index contributed by atoms with van der Waals surface area (Å²) in [6, 6.07) is 13.2. The van der Waals surface area contributed by atoms with E-state index >= 15 is 0 Å². The first kappa shape index (κ1) is 16.0.